The number of rotatable bonds is 14. The predicted octanol–water partition coefficient (Wildman–Crippen LogP) is 5.64. The van der Waals surface area contributed by atoms with Gasteiger partial charge >= 0.3 is 0 Å². The molecular formula is C27H31N2O4S+. The van der Waals surface area contributed by atoms with Crippen molar-refractivity contribution >= 4 is 17.7 Å². The first-order valence-electron chi connectivity index (χ1n) is 11.2. The number of nitro benzene ring substituents is 1. The highest BCUT2D eigenvalue weighted by molar-refractivity contribution is 7.77. The summed E-state index contributed by atoms with van der Waals surface area (Å²) >= 11 is 0.657. The average molecular weight is 480 g/mol. The minimum absolute atomic E-state index is 0.0545. The summed E-state index contributed by atoms with van der Waals surface area (Å²) in [5, 5.41) is 11.3. The molecule has 0 unspecified atom stereocenters. The molecule has 178 valence electrons. The van der Waals surface area contributed by atoms with Crippen molar-refractivity contribution in [2.24, 2.45) is 0 Å². The highest BCUT2D eigenvalue weighted by Gasteiger charge is 2.23. The Bertz CT molecular complexity index is 1050. The van der Waals surface area contributed by atoms with Crippen molar-refractivity contribution in [3.63, 3.8) is 0 Å². The Morgan fingerprint density at radius 2 is 1.71 bits per heavy atom. The monoisotopic (exact) mass is 479 g/mol. The molecule has 0 saturated heterocycles. The Kier molecular flexibility index (Phi) is 10.3. The van der Waals surface area contributed by atoms with Crippen LogP contribution in [-0.2, 0) is 34.1 Å². The quantitative estimate of drug-likeness (QED) is 0.0985. The number of hydrogen-bond acceptors (Lipinski definition) is 5. The fourth-order valence-electron chi connectivity index (χ4n) is 3.46. The summed E-state index contributed by atoms with van der Waals surface area (Å²) in [6.07, 6.45) is -0.351. The number of nitrogens with zero attached hydrogens (tertiary/aromatic N) is 2. The van der Waals surface area contributed by atoms with E-state index < -0.39 is 0 Å². The van der Waals surface area contributed by atoms with Crippen molar-refractivity contribution in [1.29, 1.82) is 0 Å². The van der Waals surface area contributed by atoms with Gasteiger partial charge in [0.2, 0.25) is 0 Å². The molecule has 0 fully saturated rings. The fourth-order valence-corrected chi connectivity index (χ4v) is 3.96. The number of hydrogen-bond donors (Lipinski definition) is 0. The summed E-state index contributed by atoms with van der Waals surface area (Å²) in [6.45, 7) is 8.90. The summed E-state index contributed by atoms with van der Waals surface area (Å²) in [4.78, 5) is 14.1. The molecule has 3 aromatic rings. The third-order valence-electron chi connectivity index (χ3n) is 5.13. The third kappa shape index (κ3) is 8.76. The molecule has 34 heavy (non-hydrogen) atoms. The first-order chi connectivity index (χ1) is 16.5. The molecule has 0 aromatic heterocycles. The van der Waals surface area contributed by atoms with Crippen molar-refractivity contribution in [2.75, 3.05) is 19.7 Å². The number of non-ortho nitro benzene ring substituents is 1. The Balaban J connectivity index is 1.72. The lowest BCUT2D eigenvalue weighted by Gasteiger charge is -2.26. The Labute approximate surface area is 205 Å². The van der Waals surface area contributed by atoms with Crippen LogP contribution in [-0.4, -0.2) is 29.5 Å². The molecule has 3 aromatic carbocycles. The van der Waals surface area contributed by atoms with Gasteiger partial charge in [0.1, 0.15) is 0 Å². The number of benzene rings is 3. The Morgan fingerprint density at radius 1 is 1.03 bits per heavy atom. The largest absolute Gasteiger partial charge is 0.375 e. The van der Waals surface area contributed by atoms with Gasteiger partial charge in [0.25, 0.3) is 5.69 Å². The maximum Gasteiger partial charge on any atom is 0.269 e. The maximum atomic E-state index is 11.3. The molecule has 7 heteroatoms. The Hall–Kier alpha value is -2.97. The SMILES string of the molecule is C=C(C)[SH+]O[C@@H](CN(CCOCc1ccccc1)Cc1ccccc1)c1cccc([N+](=O)[O-])c1. The standard InChI is InChI=1S/C27H30N2O4S/c1-22(2)34-33-27(25-14-9-15-26(18-25)29(30)31)20-28(19-23-10-5-3-6-11-23)16-17-32-21-24-12-7-4-8-13-24/h3-15,18,27H,1,16-17,19-21H2,2H3/p+1/t27-/m0/s1. The van der Waals surface area contributed by atoms with E-state index in [4.69, 9.17) is 8.92 Å². The molecular weight excluding hydrogens is 448 g/mol. The van der Waals surface area contributed by atoms with Crippen LogP contribution >= 0.6 is 0 Å². The highest BCUT2D eigenvalue weighted by Crippen LogP contribution is 2.25. The molecule has 0 aliphatic heterocycles. The lowest BCUT2D eigenvalue weighted by molar-refractivity contribution is -0.385. The third-order valence-corrected chi connectivity index (χ3v) is 5.80. The van der Waals surface area contributed by atoms with Crippen LogP contribution in [0.1, 0.15) is 29.7 Å². The summed E-state index contributed by atoms with van der Waals surface area (Å²) in [6, 6.07) is 27.0. The molecule has 0 radical (unpaired) electrons. The van der Waals surface area contributed by atoms with E-state index in [9.17, 15) is 10.1 Å². The number of nitro groups is 1. The topological polar surface area (TPSA) is 64.8 Å². The molecule has 0 bridgehead atoms. The lowest BCUT2D eigenvalue weighted by Crippen LogP contribution is -2.32. The molecule has 0 spiro atoms. The van der Waals surface area contributed by atoms with Gasteiger partial charge in [-0.1, -0.05) is 72.8 Å². The molecule has 1 atom stereocenters. The van der Waals surface area contributed by atoms with E-state index in [-0.39, 0.29) is 16.7 Å². The van der Waals surface area contributed by atoms with Crippen LogP contribution in [0.25, 0.3) is 0 Å². The zero-order valence-electron chi connectivity index (χ0n) is 19.4. The van der Waals surface area contributed by atoms with Crippen LogP contribution in [0.2, 0.25) is 0 Å². The first kappa shape index (κ1) is 25.6. The van der Waals surface area contributed by atoms with Crippen LogP contribution in [0.4, 0.5) is 5.69 Å². The summed E-state index contributed by atoms with van der Waals surface area (Å²) in [7, 11) is 0. The van der Waals surface area contributed by atoms with E-state index in [1.165, 1.54) is 11.6 Å². The molecule has 3 rings (SSSR count). The molecule has 0 aliphatic rings. The van der Waals surface area contributed by atoms with Gasteiger partial charge in [0.05, 0.1) is 18.1 Å². The lowest BCUT2D eigenvalue weighted by atomic mass is 10.1. The molecule has 0 aliphatic carbocycles. The van der Waals surface area contributed by atoms with Crippen molar-refractivity contribution in [3.8, 4) is 0 Å². The minimum Gasteiger partial charge on any atom is -0.375 e. The van der Waals surface area contributed by atoms with Crippen molar-refractivity contribution < 1.29 is 13.8 Å². The van der Waals surface area contributed by atoms with Crippen LogP contribution < -0.4 is 0 Å². The van der Waals surface area contributed by atoms with Gasteiger partial charge in [-0.05, 0) is 23.3 Å². The highest BCUT2D eigenvalue weighted by atomic mass is 32.2. The normalized spacial score (nSPS) is 11.9. The summed E-state index contributed by atoms with van der Waals surface area (Å²) in [5.74, 6) is 0. The predicted molar refractivity (Wildman–Crippen MR) is 138 cm³/mol. The number of ether oxygens (including phenoxy) is 1. The van der Waals surface area contributed by atoms with E-state index >= 15 is 0 Å². The van der Waals surface area contributed by atoms with Crippen LogP contribution in [0.15, 0.2) is 96.4 Å². The van der Waals surface area contributed by atoms with E-state index in [1.807, 2.05) is 61.5 Å². The van der Waals surface area contributed by atoms with Crippen molar-refractivity contribution in [3.05, 3.63) is 123 Å². The molecule has 6 nitrogen and oxygen atoms in total. The molecule has 0 saturated carbocycles. The fraction of sp³-hybridized carbons (Fsp3) is 0.259. The Morgan fingerprint density at radius 3 is 2.35 bits per heavy atom. The average Bonchev–Trinajstić information content (AvgIpc) is 2.85. The second-order valence-electron chi connectivity index (χ2n) is 8.03. The zero-order chi connectivity index (χ0) is 24.2. The number of allylic oxidation sites excluding steroid dienone is 1. The minimum atomic E-state index is -0.379. The van der Waals surface area contributed by atoms with Gasteiger partial charge < -0.3 is 4.74 Å². The van der Waals surface area contributed by atoms with Gasteiger partial charge in [-0.15, -0.1) is 0 Å². The van der Waals surface area contributed by atoms with E-state index in [0.717, 1.165) is 16.0 Å². The van der Waals surface area contributed by atoms with E-state index in [0.29, 0.717) is 44.9 Å². The molecule has 0 heterocycles. The van der Waals surface area contributed by atoms with Gasteiger partial charge in [0, 0.05) is 38.7 Å². The summed E-state index contributed by atoms with van der Waals surface area (Å²) in [5.41, 5.74) is 3.14. The second-order valence-corrected chi connectivity index (χ2v) is 9.19. The molecule has 0 amide bonds. The number of thiol groups is 1. The van der Waals surface area contributed by atoms with E-state index in [1.54, 1.807) is 12.1 Å². The van der Waals surface area contributed by atoms with Gasteiger partial charge in [-0.3, -0.25) is 15.0 Å². The maximum absolute atomic E-state index is 11.3. The van der Waals surface area contributed by atoms with Gasteiger partial charge in [-0.2, -0.15) is 4.18 Å². The molecule has 0 N–H and O–H groups in total. The zero-order valence-corrected chi connectivity index (χ0v) is 20.3. The van der Waals surface area contributed by atoms with Gasteiger partial charge in [-0.25, -0.2) is 0 Å². The van der Waals surface area contributed by atoms with Gasteiger partial charge in [0.15, 0.2) is 23.1 Å². The first-order valence-corrected chi connectivity index (χ1v) is 12.0. The van der Waals surface area contributed by atoms with Crippen molar-refractivity contribution in [1.82, 2.24) is 4.90 Å². The van der Waals surface area contributed by atoms with E-state index in [2.05, 4.69) is 23.6 Å². The summed E-state index contributed by atoms with van der Waals surface area (Å²) < 4.78 is 12.1. The van der Waals surface area contributed by atoms with Crippen LogP contribution in [0.5, 0.6) is 0 Å². The van der Waals surface area contributed by atoms with Crippen LogP contribution in [0, 0.1) is 10.1 Å². The smallest absolute Gasteiger partial charge is 0.269 e. The van der Waals surface area contributed by atoms with Crippen molar-refractivity contribution in [2.45, 2.75) is 26.2 Å². The second kappa shape index (κ2) is 13.7. The van der Waals surface area contributed by atoms with Crippen LogP contribution in [0.3, 0.4) is 0 Å².